The summed E-state index contributed by atoms with van der Waals surface area (Å²) in [7, 11) is 0. The van der Waals surface area contributed by atoms with Gasteiger partial charge in [-0.2, -0.15) is 0 Å². The fourth-order valence-corrected chi connectivity index (χ4v) is 1.85. The molecule has 0 aliphatic heterocycles. The molecule has 2 amide bonds. The van der Waals surface area contributed by atoms with E-state index in [0.717, 1.165) is 4.47 Å². The van der Waals surface area contributed by atoms with Crippen molar-refractivity contribution in [1.29, 1.82) is 0 Å². The highest BCUT2D eigenvalue weighted by Crippen LogP contribution is 2.24. The molecule has 0 heterocycles. The molecule has 1 aromatic carbocycles. The second-order valence-corrected chi connectivity index (χ2v) is 6.52. The minimum absolute atomic E-state index is 0.268. The van der Waals surface area contributed by atoms with Gasteiger partial charge in [0, 0.05) is 11.0 Å². The van der Waals surface area contributed by atoms with E-state index < -0.39 is 5.41 Å². The van der Waals surface area contributed by atoms with Crippen molar-refractivity contribution in [2.24, 2.45) is 11.3 Å². The maximum atomic E-state index is 12.3. The highest BCUT2D eigenvalue weighted by atomic mass is 79.9. The van der Waals surface area contributed by atoms with E-state index in [4.69, 9.17) is 0 Å². The Balaban J connectivity index is 2.74. The normalized spacial score (nSPS) is 11.3. The molecule has 0 aromatic heterocycles. The number of nitrogens with one attached hydrogen (secondary N) is 2. The number of rotatable bonds is 5. The second kappa shape index (κ2) is 6.88. The molecule has 0 saturated heterocycles. The average Bonchev–Trinajstić information content (AvgIpc) is 2.38. The lowest BCUT2D eigenvalue weighted by Crippen LogP contribution is -2.46. The molecule has 0 aliphatic rings. The van der Waals surface area contributed by atoms with Crippen molar-refractivity contribution in [1.82, 2.24) is 5.32 Å². The smallest absolute Gasteiger partial charge is 0.239 e. The third-order valence-corrected chi connectivity index (χ3v) is 3.62. The molecular formula is C15H21BrN2O2. The molecule has 0 atom stereocenters. The summed E-state index contributed by atoms with van der Waals surface area (Å²) in [5.74, 6) is -0.248. The quantitative estimate of drug-likeness (QED) is 0.808. The van der Waals surface area contributed by atoms with Crippen LogP contribution in [-0.2, 0) is 9.59 Å². The van der Waals surface area contributed by atoms with Crippen molar-refractivity contribution in [3.05, 3.63) is 28.7 Å². The summed E-state index contributed by atoms with van der Waals surface area (Å²) < 4.78 is 0.784. The topological polar surface area (TPSA) is 58.2 Å². The van der Waals surface area contributed by atoms with Crippen molar-refractivity contribution in [3.63, 3.8) is 0 Å². The van der Waals surface area contributed by atoms with Gasteiger partial charge in [0.2, 0.25) is 11.8 Å². The highest BCUT2D eigenvalue weighted by molar-refractivity contribution is 9.10. The van der Waals surface area contributed by atoms with Crippen LogP contribution in [0.25, 0.3) is 0 Å². The first-order valence-electron chi connectivity index (χ1n) is 6.59. The van der Waals surface area contributed by atoms with E-state index in [2.05, 4.69) is 26.6 Å². The third-order valence-electron chi connectivity index (χ3n) is 2.93. The number of hydrogen-bond acceptors (Lipinski definition) is 2. The Morgan fingerprint density at radius 3 is 2.35 bits per heavy atom. The summed E-state index contributed by atoms with van der Waals surface area (Å²) in [4.78, 5) is 24.4. The third kappa shape index (κ3) is 4.34. The zero-order chi connectivity index (χ0) is 15.3. The number of para-hydroxylation sites is 1. The predicted molar refractivity (Wildman–Crippen MR) is 84.4 cm³/mol. The van der Waals surface area contributed by atoms with Gasteiger partial charge >= 0.3 is 0 Å². The molecular weight excluding hydrogens is 320 g/mol. The molecule has 1 aromatic rings. The minimum atomic E-state index is -1.12. The number of carbonyl (C=O) groups excluding carboxylic acids is 2. The van der Waals surface area contributed by atoms with Crippen molar-refractivity contribution in [2.75, 3.05) is 11.9 Å². The summed E-state index contributed by atoms with van der Waals surface area (Å²) in [6, 6.07) is 7.30. The first kappa shape index (κ1) is 16.7. The molecule has 110 valence electrons. The maximum Gasteiger partial charge on any atom is 0.239 e. The first-order chi connectivity index (χ1) is 9.25. The van der Waals surface area contributed by atoms with Gasteiger partial charge in [-0.05, 0) is 47.8 Å². The maximum absolute atomic E-state index is 12.3. The van der Waals surface area contributed by atoms with Crippen LogP contribution in [0.15, 0.2) is 28.7 Å². The van der Waals surface area contributed by atoms with Gasteiger partial charge in [0.25, 0.3) is 0 Å². The lowest BCUT2D eigenvalue weighted by molar-refractivity contribution is -0.138. The Morgan fingerprint density at radius 1 is 1.20 bits per heavy atom. The number of anilines is 1. The molecule has 0 aliphatic carbocycles. The summed E-state index contributed by atoms with van der Waals surface area (Å²) in [5.41, 5.74) is -0.466. The van der Waals surface area contributed by atoms with Crippen LogP contribution in [-0.4, -0.2) is 18.4 Å². The van der Waals surface area contributed by atoms with Crippen LogP contribution < -0.4 is 10.6 Å². The standard InChI is InChI=1S/C15H21BrN2O2/c1-10(2)9-17-13(19)15(3,4)14(20)18-12-8-6-5-7-11(12)16/h5-8,10H,9H2,1-4H3,(H,17,19)(H,18,20). The molecule has 0 radical (unpaired) electrons. The molecule has 0 bridgehead atoms. The number of carbonyl (C=O) groups is 2. The molecule has 0 saturated carbocycles. The van der Waals surface area contributed by atoms with Crippen LogP contribution in [0.5, 0.6) is 0 Å². The molecule has 1 rings (SSSR count). The van der Waals surface area contributed by atoms with Crippen LogP contribution in [0.2, 0.25) is 0 Å². The Hall–Kier alpha value is -1.36. The SMILES string of the molecule is CC(C)CNC(=O)C(C)(C)C(=O)Nc1ccccc1Br. The van der Waals surface area contributed by atoms with Crippen molar-refractivity contribution < 1.29 is 9.59 Å². The number of halogens is 1. The number of amides is 2. The number of benzene rings is 1. The van der Waals surface area contributed by atoms with E-state index in [1.807, 2.05) is 32.0 Å². The van der Waals surface area contributed by atoms with Crippen molar-refractivity contribution in [3.8, 4) is 0 Å². The van der Waals surface area contributed by atoms with Gasteiger partial charge in [0.1, 0.15) is 5.41 Å². The molecule has 0 unspecified atom stereocenters. The van der Waals surface area contributed by atoms with E-state index in [-0.39, 0.29) is 11.8 Å². The van der Waals surface area contributed by atoms with Gasteiger partial charge in [-0.3, -0.25) is 9.59 Å². The summed E-state index contributed by atoms with van der Waals surface area (Å²) >= 11 is 3.36. The van der Waals surface area contributed by atoms with E-state index in [9.17, 15) is 9.59 Å². The zero-order valence-corrected chi connectivity index (χ0v) is 13.9. The molecule has 0 spiro atoms. The molecule has 0 fully saturated rings. The van der Waals surface area contributed by atoms with E-state index >= 15 is 0 Å². The van der Waals surface area contributed by atoms with Crippen LogP contribution in [0, 0.1) is 11.3 Å². The molecule has 5 heteroatoms. The van der Waals surface area contributed by atoms with Gasteiger partial charge in [-0.25, -0.2) is 0 Å². The van der Waals surface area contributed by atoms with Gasteiger partial charge in [0.05, 0.1) is 5.69 Å². The van der Waals surface area contributed by atoms with Gasteiger partial charge in [-0.1, -0.05) is 26.0 Å². The van der Waals surface area contributed by atoms with Crippen LogP contribution in [0.3, 0.4) is 0 Å². The van der Waals surface area contributed by atoms with Crippen LogP contribution in [0.1, 0.15) is 27.7 Å². The largest absolute Gasteiger partial charge is 0.355 e. The van der Waals surface area contributed by atoms with E-state index in [1.165, 1.54) is 0 Å². The minimum Gasteiger partial charge on any atom is -0.355 e. The summed E-state index contributed by atoms with van der Waals surface area (Å²) in [6.07, 6.45) is 0. The lowest BCUT2D eigenvalue weighted by atomic mass is 9.90. The Bertz CT molecular complexity index is 498. The first-order valence-corrected chi connectivity index (χ1v) is 7.38. The number of hydrogen-bond donors (Lipinski definition) is 2. The second-order valence-electron chi connectivity index (χ2n) is 5.66. The Morgan fingerprint density at radius 2 is 1.80 bits per heavy atom. The lowest BCUT2D eigenvalue weighted by Gasteiger charge is -2.23. The van der Waals surface area contributed by atoms with Crippen LogP contribution in [0.4, 0.5) is 5.69 Å². The molecule has 4 nitrogen and oxygen atoms in total. The zero-order valence-electron chi connectivity index (χ0n) is 12.3. The van der Waals surface area contributed by atoms with E-state index in [1.54, 1.807) is 19.9 Å². The molecule has 20 heavy (non-hydrogen) atoms. The monoisotopic (exact) mass is 340 g/mol. The average molecular weight is 341 g/mol. The Kier molecular flexibility index (Phi) is 5.74. The van der Waals surface area contributed by atoms with Gasteiger partial charge < -0.3 is 10.6 Å². The van der Waals surface area contributed by atoms with Gasteiger partial charge in [-0.15, -0.1) is 0 Å². The summed E-state index contributed by atoms with van der Waals surface area (Å²) in [5, 5.41) is 5.56. The van der Waals surface area contributed by atoms with Crippen molar-refractivity contribution in [2.45, 2.75) is 27.7 Å². The Labute approximate surface area is 128 Å². The van der Waals surface area contributed by atoms with E-state index in [0.29, 0.717) is 18.2 Å². The fraction of sp³-hybridized carbons (Fsp3) is 0.467. The van der Waals surface area contributed by atoms with Gasteiger partial charge in [0.15, 0.2) is 0 Å². The fourth-order valence-electron chi connectivity index (χ4n) is 1.46. The molecule has 2 N–H and O–H groups in total. The van der Waals surface area contributed by atoms with Crippen molar-refractivity contribution >= 4 is 33.4 Å². The highest BCUT2D eigenvalue weighted by Gasteiger charge is 2.36. The van der Waals surface area contributed by atoms with Crippen LogP contribution >= 0.6 is 15.9 Å². The summed E-state index contributed by atoms with van der Waals surface area (Å²) in [6.45, 7) is 7.82. The predicted octanol–water partition coefficient (Wildman–Crippen LogP) is 3.19.